The van der Waals surface area contributed by atoms with Crippen molar-refractivity contribution in [3.8, 4) is 0 Å². The minimum absolute atomic E-state index is 0.131. The average Bonchev–Trinajstić information content (AvgIpc) is 3.40. The van der Waals surface area contributed by atoms with Gasteiger partial charge in [-0.15, -0.1) is 0 Å². The zero-order chi connectivity index (χ0) is 20.4. The van der Waals surface area contributed by atoms with Gasteiger partial charge in [0.05, 0.1) is 12.5 Å². The predicted octanol–water partition coefficient (Wildman–Crippen LogP) is 0.329. The first-order chi connectivity index (χ1) is 13.3. The molecule has 0 unspecified atom stereocenters. The standard InChI is InChI=1S/C19H22N4O5/c1-11-8-13(11)18(26)28-10-14(24)22(2)15-16(20)23(19(27)21-17(15)25)9-12-6-4-3-5-7-12/h3-7,11,13H,8-10,20H2,1-2H3,(H,21,25,27)/t11-,13+/m0/s1. The smallest absolute Gasteiger partial charge is 0.330 e. The highest BCUT2D eigenvalue weighted by Crippen LogP contribution is 2.38. The lowest BCUT2D eigenvalue weighted by Crippen LogP contribution is -2.40. The van der Waals surface area contributed by atoms with Crippen molar-refractivity contribution >= 4 is 23.4 Å². The molecule has 28 heavy (non-hydrogen) atoms. The van der Waals surface area contributed by atoms with Crippen LogP contribution in [0.3, 0.4) is 0 Å². The number of likely N-dealkylation sites (N-methyl/N-ethyl adjacent to an activating group) is 1. The van der Waals surface area contributed by atoms with Gasteiger partial charge in [0.15, 0.2) is 12.3 Å². The zero-order valence-corrected chi connectivity index (χ0v) is 15.7. The monoisotopic (exact) mass is 386 g/mol. The second kappa shape index (κ2) is 7.71. The van der Waals surface area contributed by atoms with Crippen molar-refractivity contribution in [2.75, 3.05) is 24.3 Å². The number of H-pyrrole nitrogens is 1. The number of nitrogens with one attached hydrogen (secondary N) is 1. The van der Waals surface area contributed by atoms with Crippen LogP contribution in [0, 0.1) is 11.8 Å². The minimum atomic E-state index is -0.787. The third-order valence-corrected chi connectivity index (χ3v) is 4.86. The summed E-state index contributed by atoms with van der Waals surface area (Å²) < 4.78 is 6.19. The highest BCUT2D eigenvalue weighted by molar-refractivity contribution is 5.96. The Kier molecular flexibility index (Phi) is 5.34. The highest BCUT2D eigenvalue weighted by Gasteiger charge is 2.40. The van der Waals surface area contributed by atoms with Crippen molar-refractivity contribution in [2.24, 2.45) is 11.8 Å². The molecule has 148 valence electrons. The second-order valence-corrected chi connectivity index (χ2v) is 6.94. The molecule has 1 aliphatic carbocycles. The maximum atomic E-state index is 12.4. The van der Waals surface area contributed by atoms with Crippen LogP contribution in [-0.2, 0) is 20.9 Å². The van der Waals surface area contributed by atoms with Crippen LogP contribution in [0.1, 0.15) is 18.9 Å². The van der Waals surface area contributed by atoms with E-state index >= 15 is 0 Å². The maximum Gasteiger partial charge on any atom is 0.330 e. The topological polar surface area (TPSA) is 127 Å². The van der Waals surface area contributed by atoms with E-state index in [1.165, 1.54) is 11.6 Å². The Labute approximate surface area is 160 Å². The molecule has 2 atom stereocenters. The number of amides is 1. The van der Waals surface area contributed by atoms with Gasteiger partial charge in [-0.05, 0) is 17.9 Å². The van der Waals surface area contributed by atoms with Crippen molar-refractivity contribution in [1.29, 1.82) is 0 Å². The number of aromatic nitrogens is 2. The van der Waals surface area contributed by atoms with Crippen LogP contribution >= 0.6 is 0 Å². The fourth-order valence-corrected chi connectivity index (χ4v) is 2.94. The molecular formula is C19H22N4O5. The summed E-state index contributed by atoms with van der Waals surface area (Å²) in [5.41, 5.74) is 5.21. The SMILES string of the molecule is C[C@H]1C[C@H]1C(=O)OCC(=O)N(C)c1c(N)n(Cc2ccccc2)c(=O)[nH]c1=O. The molecule has 1 aromatic heterocycles. The van der Waals surface area contributed by atoms with Gasteiger partial charge in [-0.3, -0.25) is 23.9 Å². The molecule has 2 aromatic rings. The van der Waals surface area contributed by atoms with Gasteiger partial charge in [-0.2, -0.15) is 0 Å². The number of nitrogens with zero attached hydrogens (tertiary/aromatic N) is 2. The summed E-state index contributed by atoms with van der Waals surface area (Å²) in [6.45, 7) is 1.55. The average molecular weight is 386 g/mol. The number of aromatic amines is 1. The second-order valence-electron chi connectivity index (χ2n) is 6.94. The molecule has 1 amide bonds. The Bertz CT molecular complexity index is 1010. The summed E-state index contributed by atoms with van der Waals surface area (Å²) in [5, 5.41) is 0. The Hall–Kier alpha value is -3.36. The first-order valence-electron chi connectivity index (χ1n) is 8.89. The number of rotatable bonds is 6. The van der Waals surface area contributed by atoms with Gasteiger partial charge in [0, 0.05) is 7.05 Å². The van der Waals surface area contributed by atoms with Crippen molar-refractivity contribution < 1.29 is 14.3 Å². The van der Waals surface area contributed by atoms with Crippen molar-refractivity contribution in [1.82, 2.24) is 9.55 Å². The molecule has 1 fully saturated rings. The number of nitrogens with two attached hydrogens (primary N) is 1. The Morgan fingerprint density at radius 2 is 1.93 bits per heavy atom. The summed E-state index contributed by atoms with van der Waals surface area (Å²) in [7, 11) is 1.34. The molecule has 9 nitrogen and oxygen atoms in total. The van der Waals surface area contributed by atoms with Crippen LogP contribution in [0.4, 0.5) is 11.5 Å². The van der Waals surface area contributed by atoms with E-state index < -0.39 is 29.7 Å². The Morgan fingerprint density at radius 1 is 1.29 bits per heavy atom. The third-order valence-electron chi connectivity index (χ3n) is 4.86. The van der Waals surface area contributed by atoms with Gasteiger partial charge in [0.25, 0.3) is 11.5 Å². The van der Waals surface area contributed by atoms with Crippen LogP contribution in [0.25, 0.3) is 0 Å². The molecule has 1 aliphatic rings. The molecule has 1 aromatic carbocycles. The quantitative estimate of drug-likeness (QED) is 0.689. The first kappa shape index (κ1) is 19.4. The molecule has 0 bridgehead atoms. The number of hydrogen-bond acceptors (Lipinski definition) is 6. The molecular weight excluding hydrogens is 364 g/mol. The summed E-state index contributed by atoms with van der Waals surface area (Å²) in [5.74, 6) is -1.09. The van der Waals surface area contributed by atoms with E-state index in [0.29, 0.717) is 0 Å². The van der Waals surface area contributed by atoms with E-state index in [2.05, 4.69) is 4.98 Å². The van der Waals surface area contributed by atoms with E-state index in [-0.39, 0.29) is 29.9 Å². The largest absolute Gasteiger partial charge is 0.455 e. The molecule has 0 aliphatic heterocycles. The van der Waals surface area contributed by atoms with E-state index in [4.69, 9.17) is 10.5 Å². The molecule has 0 radical (unpaired) electrons. The van der Waals surface area contributed by atoms with Crippen molar-refractivity contribution in [2.45, 2.75) is 19.9 Å². The number of hydrogen-bond donors (Lipinski definition) is 2. The lowest BCUT2D eigenvalue weighted by atomic mass is 10.2. The van der Waals surface area contributed by atoms with Crippen LogP contribution in [-0.4, -0.2) is 35.1 Å². The van der Waals surface area contributed by atoms with Crippen LogP contribution in [0.5, 0.6) is 0 Å². The lowest BCUT2D eigenvalue weighted by Gasteiger charge is -2.20. The number of benzene rings is 1. The molecule has 0 saturated heterocycles. The highest BCUT2D eigenvalue weighted by atomic mass is 16.5. The van der Waals surface area contributed by atoms with Crippen LogP contribution in [0.2, 0.25) is 0 Å². The first-order valence-corrected chi connectivity index (χ1v) is 8.89. The Balaban J connectivity index is 1.81. The molecule has 1 saturated carbocycles. The fourth-order valence-electron chi connectivity index (χ4n) is 2.94. The Morgan fingerprint density at radius 3 is 2.54 bits per heavy atom. The number of ether oxygens (including phenoxy) is 1. The van der Waals surface area contributed by atoms with E-state index in [0.717, 1.165) is 16.9 Å². The van der Waals surface area contributed by atoms with Crippen LogP contribution in [0.15, 0.2) is 39.9 Å². The fraction of sp³-hybridized carbons (Fsp3) is 0.368. The van der Waals surface area contributed by atoms with Crippen molar-refractivity contribution in [3.63, 3.8) is 0 Å². The van der Waals surface area contributed by atoms with Gasteiger partial charge in [-0.1, -0.05) is 37.3 Å². The molecule has 1 heterocycles. The number of esters is 1. The zero-order valence-electron chi connectivity index (χ0n) is 15.7. The van der Waals surface area contributed by atoms with Gasteiger partial charge in [-0.25, -0.2) is 4.79 Å². The van der Waals surface area contributed by atoms with Gasteiger partial charge in [0.1, 0.15) is 5.82 Å². The number of anilines is 2. The molecule has 9 heteroatoms. The van der Waals surface area contributed by atoms with Gasteiger partial charge in [0.2, 0.25) is 0 Å². The minimum Gasteiger partial charge on any atom is -0.455 e. The molecule has 3 rings (SSSR count). The van der Waals surface area contributed by atoms with E-state index in [1.54, 1.807) is 0 Å². The third kappa shape index (κ3) is 3.98. The summed E-state index contributed by atoms with van der Waals surface area (Å²) in [6.07, 6.45) is 0.750. The maximum absolute atomic E-state index is 12.4. The molecule has 3 N–H and O–H groups in total. The van der Waals surface area contributed by atoms with Gasteiger partial charge < -0.3 is 15.4 Å². The van der Waals surface area contributed by atoms with Crippen molar-refractivity contribution in [3.05, 3.63) is 56.7 Å². The van der Waals surface area contributed by atoms with E-state index in [1.807, 2.05) is 37.3 Å². The lowest BCUT2D eigenvalue weighted by molar-refractivity contribution is -0.149. The summed E-state index contributed by atoms with van der Waals surface area (Å²) in [4.78, 5) is 51.8. The van der Waals surface area contributed by atoms with Crippen LogP contribution < -0.4 is 21.9 Å². The number of carbonyl (C=O) groups excluding carboxylic acids is 2. The summed E-state index contributed by atoms with van der Waals surface area (Å²) in [6, 6.07) is 9.08. The molecule has 0 spiro atoms. The van der Waals surface area contributed by atoms with E-state index in [9.17, 15) is 19.2 Å². The number of nitrogen functional groups attached to an aromatic ring is 1. The normalized spacial score (nSPS) is 17.8. The number of carbonyl (C=O) groups is 2. The summed E-state index contributed by atoms with van der Waals surface area (Å²) >= 11 is 0. The predicted molar refractivity (Wildman–Crippen MR) is 103 cm³/mol. The van der Waals surface area contributed by atoms with Gasteiger partial charge >= 0.3 is 11.7 Å².